The van der Waals surface area contributed by atoms with Gasteiger partial charge in [-0.05, 0) is 42.5 Å². The summed E-state index contributed by atoms with van der Waals surface area (Å²) in [6.45, 7) is 1.55. The molecular formula is C17H13BrClNO3. The molecule has 1 aliphatic heterocycles. The van der Waals surface area contributed by atoms with Crippen molar-refractivity contribution in [1.82, 2.24) is 0 Å². The number of aliphatic hydroxyl groups is 1. The molecule has 0 radical (unpaired) electrons. The van der Waals surface area contributed by atoms with Gasteiger partial charge in [-0.1, -0.05) is 34.5 Å². The molecule has 0 saturated carbocycles. The number of benzene rings is 2. The third-order valence-electron chi connectivity index (χ3n) is 4.14. The summed E-state index contributed by atoms with van der Waals surface area (Å²) in [6, 6.07) is 11.5. The molecule has 3 rings (SSSR count). The van der Waals surface area contributed by atoms with Gasteiger partial charge in [0.1, 0.15) is 0 Å². The molecule has 0 spiro atoms. The summed E-state index contributed by atoms with van der Waals surface area (Å²) >= 11 is 9.15. The fraction of sp³-hybridized carbons (Fsp3) is 0.176. The van der Waals surface area contributed by atoms with Gasteiger partial charge in [0, 0.05) is 26.3 Å². The van der Waals surface area contributed by atoms with E-state index in [1.54, 1.807) is 49.4 Å². The van der Waals surface area contributed by atoms with Crippen molar-refractivity contribution in [3.8, 4) is 0 Å². The number of nitrogens with one attached hydrogen (secondary N) is 1. The van der Waals surface area contributed by atoms with Crippen LogP contribution in [0.3, 0.4) is 0 Å². The SMILES string of the molecule is C[C@H](C(=O)c1ccc(Cl)cc1)[C@@]1(O)C(=O)Nc2ccc(Br)cc21. The molecule has 2 atom stereocenters. The van der Waals surface area contributed by atoms with E-state index in [0.29, 0.717) is 21.8 Å². The predicted molar refractivity (Wildman–Crippen MR) is 91.6 cm³/mol. The largest absolute Gasteiger partial charge is 0.375 e. The van der Waals surface area contributed by atoms with Crippen LogP contribution in [0.4, 0.5) is 5.69 Å². The molecule has 0 unspecified atom stereocenters. The van der Waals surface area contributed by atoms with Gasteiger partial charge < -0.3 is 10.4 Å². The second-order valence-electron chi connectivity index (χ2n) is 5.50. The monoisotopic (exact) mass is 393 g/mol. The van der Waals surface area contributed by atoms with Crippen LogP contribution >= 0.6 is 27.5 Å². The molecule has 1 aliphatic rings. The Bertz CT molecular complexity index is 806. The first-order chi connectivity index (χ1) is 10.8. The van der Waals surface area contributed by atoms with Crippen LogP contribution in [-0.2, 0) is 10.4 Å². The zero-order valence-electron chi connectivity index (χ0n) is 12.1. The molecule has 2 aromatic carbocycles. The number of hydrogen-bond donors (Lipinski definition) is 2. The third kappa shape index (κ3) is 2.59. The summed E-state index contributed by atoms with van der Waals surface area (Å²) in [5.74, 6) is -1.87. The third-order valence-corrected chi connectivity index (χ3v) is 4.88. The smallest absolute Gasteiger partial charge is 0.261 e. The first-order valence-corrected chi connectivity index (χ1v) is 8.14. The summed E-state index contributed by atoms with van der Waals surface area (Å²) in [4.78, 5) is 25.0. The van der Waals surface area contributed by atoms with E-state index >= 15 is 0 Å². The second kappa shape index (κ2) is 5.74. The maximum absolute atomic E-state index is 12.7. The Hall–Kier alpha value is -1.69. The first-order valence-electron chi connectivity index (χ1n) is 6.97. The average molecular weight is 395 g/mol. The number of fused-ring (bicyclic) bond motifs is 1. The maximum Gasteiger partial charge on any atom is 0.261 e. The van der Waals surface area contributed by atoms with Crippen LogP contribution in [0.15, 0.2) is 46.9 Å². The number of rotatable bonds is 3. The summed E-state index contributed by atoms with van der Waals surface area (Å²) in [7, 11) is 0. The molecule has 0 fully saturated rings. The molecule has 23 heavy (non-hydrogen) atoms. The van der Waals surface area contributed by atoms with Crippen LogP contribution < -0.4 is 5.32 Å². The number of anilines is 1. The van der Waals surface area contributed by atoms with Gasteiger partial charge in [-0.2, -0.15) is 0 Å². The quantitative estimate of drug-likeness (QED) is 0.779. The maximum atomic E-state index is 12.7. The Morgan fingerprint density at radius 3 is 2.57 bits per heavy atom. The lowest BCUT2D eigenvalue weighted by Crippen LogP contribution is -2.44. The summed E-state index contributed by atoms with van der Waals surface area (Å²) in [5, 5.41) is 14.2. The molecule has 0 aromatic heterocycles. The van der Waals surface area contributed by atoms with Gasteiger partial charge >= 0.3 is 0 Å². The van der Waals surface area contributed by atoms with E-state index in [9.17, 15) is 14.7 Å². The first kappa shape index (κ1) is 16.2. The highest BCUT2D eigenvalue weighted by Gasteiger charge is 2.52. The zero-order valence-corrected chi connectivity index (χ0v) is 14.5. The average Bonchev–Trinajstić information content (AvgIpc) is 2.79. The molecule has 1 amide bonds. The molecule has 0 aliphatic carbocycles. The van der Waals surface area contributed by atoms with E-state index in [2.05, 4.69) is 21.2 Å². The summed E-state index contributed by atoms with van der Waals surface area (Å²) in [5.41, 5.74) is -0.606. The van der Waals surface area contributed by atoms with Gasteiger partial charge in [0.15, 0.2) is 11.4 Å². The van der Waals surface area contributed by atoms with E-state index in [-0.39, 0.29) is 5.78 Å². The van der Waals surface area contributed by atoms with E-state index in [0.717, 1.165) is 4.47 Å². The van der Waals surface area contributed by atoms with Crippen LogP contribution in [-0.4, -0.2) is 16.8 Å². The minimum absolute atomic E-state index is 0.327. The van der Waals surface area contributed by atoms with Gasteiger partial charge in [0.25, 0.3) is 5.91 Å². The number of carbonyl (C=O) groups is 2. The molecule has 6 heteroatoms. The van der Waals surface area contributed by atoms with Gasteiger partial charge in [0.05, 0.1) is 5.92 Å². The number of amides is 1. The van der Waals surface area contributed by atoms with Crippen molar-refractivity contribution in [2.24, 2.45) is 5.92 Å². The van der Waals surface area contributed by atoms with Crippen molar-refractivity contribution >= 4 is 44.9 Å². The molecule has 118 valence electrons. The number of halogens is 2. The Morgan fingerprint density at radius 1 is 1.26 bits per heavy atom. The van der Waals surface area contributed by atoms with Crippen LogP contribution in [0.25, 0.3) is 0 Å². The minimum Gasteiger partial charge on any atom is -0.375 e. The lowest BCUT2D eigenvalue weighted by Gasteiger charge is -2.27. The molecule has 0 saturated heterocycles. The number of carbonyl (C=O) groups excluding carboxylic acids is 2. The van der Waals surface area contributed by atoms with Crippen molar-refractivity contribution in [2.75, 3.05) is 5.32 Å². The molecule has 4 nitrogen and oxygen atoms in total. The van der Waals surface area contributed by atoms with Crippen LogP contribution in [0.2, 0.25) is 5.02 Å². The van der Waals surface area contributed by atoms with Crippen molar-refractivity contribution in [3.05, 3.63) is 63.1 Å². The van der Waals surface area contributed by atoms with Gasteiger partial charge in [-0.3, -0.25) is 9.59 Å². The van der Waals surface area contributed by atoms with Crippen molar-refractivity contribution in [2.45, 2.75) is 12.5 Å². The summed E-state index contributed by atoms with van der Waals surface area (Å²) in [6.07, 6.45) is 0. The standard InChI is InChI=1S/C17H13BrClNO3/c1-9(15(21)10-2-5-12(19)6-3-10)17(23)13-8-11(18)4-7-14(13)20-16(17)22/h2-9,23H,1H3,(H,20,22)/t9-,17+/m1/s1. The van der Waals surface area contributed by atoms with Gasteiger partial charge in [-0.25, -0.2) is 0 Å². The van der Waals surface area contributed by atoms with E-state index in [1.165, 1.54) is 0 Å². The van der Waals surface area contributed by atoms with E-state index < -0.39 is 17.4 Å². The number of ketones is 1. The molecule has 1 heterocycles. The minimum atomic E-state index is -1.91. The molecule has 2 aromatic rings. The zero-order chi connectivity index (χ0) is 16.8. The molecular weight excluding hydrogens is 382 g/mol. The van der Waals surface area contributed by atoms with Crippen molar-refractivity contribution in [1.29, 1.82) is 0 Å². The van der Waals surface area contributed by atoms with Crippen molar-refractivity contribution in [3.63, 3.8) is 0 Å². The van der Waals surface area contributed by atoms with E-state index in [1.807, 2.05) is 0 Å². The molecule has 2 N–H and O–H groups in total. The lowest BCUT2D eigenvalue weighted by atomic mass is 9.79. The summed E-state index contributed by atoms with van der Waals surface area (Å²) < 4.78 is 0.720. The fourth-order valence-corrected chi connectivity index (χ4v) is 3.25. The van der Waals surface area contributed by atoms with Crippen LogP contribution in [0.1, 0.15) is 22.8 Å². The predicted octanol–water partition coefficient (Wildman–Crippen LogP) is 3.76. The van der Waals surface area contributed by atoms with Gasteiger partial charge in [-0.15, -0.1) is 0 Å². The van der Waals surface area contributed by atoms with Gasteiger partial charge in [0.2, 0.25) is 0 Å². The number of hydrogen-bond acceptors (Lipinski definition) is 3. The highest BCUT2D eigenvalue weighted by Crippen LogP contribution is 2.43. The van der Waals surface area contributed by atoms with Crippen LogP contribution in [0, 0.1) is 5.92 Å². The Labute approximate surface area is 146 Å². The van der Waals surface area contributed by atoms with Crippen molar-refractivity contribution < 1.29 is 14.7 Å². The van der Waals surface area contributed by atoms with Crippen LogP contribution in [0.5, 0.6) is 0 Å². The molecule has 0 bridgehead atoms. The second-order valence-corrected chi connectivity index (χ2v) is 6.86. The topological polar surface area (TPSA) is 66.4 Å². The Balaban J connectivity index is 2.03. The Kier molecular flexibility index (Phi) is 4.04. The number of Topliss-reactive ketones (excluding diaryl/α,β-unsaturated/α-hetero) is 1. The lowest BCUT2D eigenvalue weighted by molar-refractivity contribution is -0.137. The Morgan fingerprint density at radius 2 is 1.91 bits per heavy atom. The highest BCUT2D eigenvalue weighted by molar-refractivity contribution is 9.10. The fourth-order valence-electron chi connectivity index (χ4n) is 2.76. The highest BCUT2D eigenvalue weighted by atomic mass is 79.9. The van der Waals surface area contributed by atoms with E-state index in [4.69, 9.17) is 11.6 Å². The normalized spacial score (nSPS) is 20.8.